The van der Waals surface area contributed by atoms with Crippen molar-refractivity contribution >= 4 is 38.3 Å². The minimum absolute atomic E-state index is 0.472. The van der Waals surface area contributed by atoms with E-state index in [0.717, 1.165) is 44.7 Å². The predicted molar refractivity (Wildman–Crippen MR) is 98.7 cm³/mol. The smallest absolute Gasteiger partial charge is 0.151 e. The molecular weight excluding hydrogens is 324 g/mol. The van der Waals surface area contributed by atoms with Gasteiger partial charge in [-0.2, -0.15) is 0 Å². The van der Waals surface area contributed by atoms with Crippen LogP contribution in [-0.2, 0) is 11.2 Å². The van der Waals surface area contributed by atoms with Crippen LogP contribution in [0.4, 0.5) is 5.82 Å². The van der Waals surface area contributed by atoms with Crippen LogP contribution >= 0.6 is 11.3 Å². The molecule has 1 aromatic carbocycles. The van der Waals surface area contributed by atoms with Crippen LogP contribution in [0.25, 0.3) is 21.1 Å². The van der Waals surface area contributed by atoms with E-state index in [1.807, 2.05) is 18.2 Å². The average Bonchev–Trinajstić information content (AvgIpc) is 2.99. The Balaban J connectivity index is 1.85. The van der Waals surface area contributed by atoms with Gasteiger partial charge in [-0.3, -0.25) is 0 Å². The largest absolute Gasteiger partial charge is 0.491 e. The molecule has 0 amide bonds. The lowest BCUT2D eigenvalue weighted by Crippen LogP contribution is -2.13. The molecule has 0 bridgehead atoms. The lowest BCUT2D eigenvalue weighted by atomic mass is 10.2. The monoisotopic (exact) mass is 346 g/mol. The molecule has 0 aliphatic heterocycles. The molecule has 0 saturated carbocycles. The van der Waals surface area contributed by atoms with E-state index in [2.05, 4.69) is 16.9 Å². The Kier molecular flexibility index (Phi) is 5.44. The molecular formula is C17H22N4O2S. The Labute approximate surface area is 144 Å². The van der Waals surface area contributed by atoms with Crippen molar-refractivity contribution in [3.05, 3.63) is 23.2 Å². The maximum Gasteiger partial charge on any atom is 0.151 e. The first-order chi connectivity index (χ1) is 11.7. The van der Waals surface area contributed by atoms with Gasteiger partial charge in [0.25, 0.3) is 0 Å². The second kappa shape index (κ2) is 7.74. The van der Waals surface area contributed by atoms with Crippen molar-refractivity contribution in [1.29, 1.82) is 0 Å². The number of hydrogen-bond acceptors (Lipinski definition) is 7. The van der Waals surface area contributed by atoms with Gasteiger partial charge in [0.05, 0.1) is 28.4 Å². The molecule has 128 valence electrons. The summed E-state index contributed by atoms with van der Waals surface area (Å²) in [7, 11) is 0. The second-order valence-electron chi connectivity index (χ2n) is 5.46. The van der Waals surface area contributed by atoms with E-state index in [-0.39, 0.29) is 0 Å². The highest BCUT2D eigenvalue weighted by Gasteiger charge is 2.12. The standard InChI is InChI=1S/C17H22N4O2S/c1-2-3-14-21-15-16(24-14)12-5-4-11(10-13(12)20-17(15)19)23-9-8-22-7-6-18/h4-5,10H,2-3,6-9,18H2,1H3,(H2,19,20). The molecule has 24 heavy (non-hydrogen) atoms. The van der Waals surface area contributed by atoms with Gasteiger partial charge in [-0.15, -0.1) is 11.3 Å². The highest BCUT2D eigenvalue weighted by atomic mass is 32.1. The van der Waals surface area contributed by atoms with Crippen molar-refractivity contribution in [3.63, 3.8) is 0 Å². The van der Waals surface area contributed by atoms with Gasteiger partial charge in [0.2, 0.25) is 0 Å². The van der Waals surface area contributed by atoms with E-state index in [1.165, 1.54) is 0 Å². The number of aryl methyl sites for hydroxylation is 1. The Bertz CT molecular complexity index is 834. The number of benzene rings is 1. The first kappa shape index (κ1) is 16.9. The number of nitrogen functional groups attached to an aromatic ring is 1. The zero-order valence-electron chi connectivity index (χ0n) is 13.7. The lowest BCUT2D eigenvalue weighted by molar-refractivity contribution is 0.106. The summed E-state index contributed by atoms with van der Waals surface area (Å²) in [6.07, 6.45) is 2.03. The molecule has 7 heteroatoms. The van der Waals surface area contributed by atoms with Gasteiger partial charge in [-0.05, 0) is 25.0 Å². The van der Waals surface area contributed by atoms with Crippen molar-refractivity contribution in [2.75, 3.05) is 32.1 Å². The summed E-state index contributed by atoms with van der Waals surface area (Å²) in [5, 5.41) is 2.16. The minimum atomic E-state index is 0.472. The van der Waals surface area contributed by atoms with E-state index in [9.17, 15) is 0 Å². The van der Waals surface area contributed by atoms with E-state index in [1.54, 1.807) is 11.3 Å². The number of hydrogen-bond donors (Lipinski definition) is 2. The highest BCUT2D eigenvalue weighted by molar-refractivity contribution is 7.19. The molecule has 0 atom stereocenters. The zero-order valence-corrected chi connectivity index (χ0v) is 14.6. The number of anilines is 1. The zero-order chi connectivity index (χ0) is 16.9. The number of pyridine rings is 1. The first-order valence-corrected chi connectivity index (χ1v) is 8.93. The van der Waals surface area contributed by atoms with E-state index >= 15 is 0 Å². The Morgan fingerprint density at radius 3 is 2.83 bits per heavy atom. The fourth-order valence-corrected chi connectivity index (χ4v) is 3.72. The molecule has 0 radical (unpaired) electrons. The van der Waals surface area contributed by atoms with Gasteiger partial charge < -0.3 is 20.9 Å². The summed E-state index contributed by atoms with van der Waals surface area (Å²) in [5.74, 6) is 1.22. The van der Waals surface area contributed by atoms with Crippen molar-refractivity contribution in [2.24, 2.45) is 5.73 Å². The summed E-state index contributed by atoms with van der Waals surface area (Å²) in [4.78, 5) is 9.12. The molecule has 3 rings (SSSR count). The molecule has 2 aromatic heterocycles. The van der Waals surface area contributed by atoms with Crippen LogP contribution in [0.5, 0.6) is 5.75 Å². The van der Waals surface area contributed by atoms with Gasteiger partial charge in [-0.25, -0.2) is 9.97 Å². The van der Waals surface area contributed by atoms with Gasteiger partial charge in [0, 0.05) is 18.0 Å². The molecule has 3 aromatic rings. The van der Waals surface area contributed by atoms with Gasteiger partial charge >= 0.3 is 0 Å². The van der Waals surface area contributed by atoms with Crippen LogP contribution in [0.1, 0.15) is 18.4 Å². The maximum absolute atomic E-state index is 6.10. The van der Waals surface area contributed by atoms with Crippen LogP contribution in [-0.4, -0.2) is 36.3 Å². The third-order valence-electron chi connectivity index (χ3n) is 3.59. The van der Waals surface area contributed by atoms with Crippen molar-refractivity contribution in [2.45, 2.75) is 19.8 Å². The molecule has 0 spiro atoms. The lowest BCUT2D eigenvalue weighted by Gasteiger charge is -2.08. The fourth-order valence-electron chi connectivity index (χ4n) is 2.51. The molecule has 4 N–H and O–H groups in total. The number of rotatable bonds is 8. The number of thiazole rings is 1. The van der Waals surface area contributed by atoms with Crippen molar-refractivity contribution in [3.8, 4) is 5.75 Å². The minimum Gasteiger partial charge on any atom is -0.491 e. The van der Waals surface area contributed by atoms with Gasteiger partial charge in [0.15, 0.2) is 5.82 Å². The van der Waals surface area contributed by atoms with Crippen LogP contribution in [0.2, 0.25) is 0 Å². The highest BCUT2D eigenvalue weighted by Crippen LogP contribution is 2.34. The Hall–Kier alpha value is -1.96. The Morgan fingerprint density at radius 1 is 1.17 bits per heavy atom. The van der Waals surface area contributed by atoms with E-state index in [4.69, 9.17) is 20.9 Å². The predicted octanol–water partition coefficient (Wildman–Crippen LogP) is 2.73. The summed E-state index contributed by atoms with van der Waals surface area (Å²) in [6.45, 7) is 4.20. The topological polar surface area (TPSA) is 96.3 Å². The summed E-state index contributed by atoms with van der Waals surface area (Å²) in [6, 6.07) is 5.88. The van der Waals surface area contributed by atoms with Gasteiger partial charge in [-0.1, -0.05) is 6.92 Å². The van der Waals surface area contributed by atoms with E-state index < -0.39 is 0 Å². The average molecular weight is 346 g/mol. The molecule has 0 unspecified atom stereocenters. The number of fused-ring (bicyclic) bond motifs is 3. The summed E-state index contributed by atoms with van der Waals surface area (Å²) < 4.78 is 12.1. The number of nitrogens with zero attached hydrogens (tertiary/aromatic N) is 2. The molecule has 0 fully saturated rings. The second-order valence-corrected chi connectivity index (χ2v) is 6.54. The third kappa shape index (κ3) is 3.58. The molecule has 6 nitrogen and oxygen atoms in total. The van der Waals surface area contributed by atoms with Crippen molar-refractivity contribution in [1.82, 2.24) is 9.97 Å². The molecule has 2 heterocycles. The number of ether oxygens (including phenoxy) is 2. The van der Waals surface area contributed by atoms with Gasteiger partial charge in [0.1, 0.15) is 17.9 Å². The van der Waals surface area contributed by atoms with Crippen LogP contribution < -0.4 is 16.2 Å². The molecule has 0 aliphatic carbocycles. The Morgan fingerprint density at radius 2 is 2.04 bits per heavy atom. The molecule has 0 aliphatic rings. The maximum atomic E-state index is 6.10. The number of nitrogens with two attached hydrogens (primary N) is 2. The third-order valence-corrected chi connectivity index (χ3v) is 4.74. The van der Waals surface area contributed by atoms with Crippen LogP contribution in [0.15, 0.2) is 18.2 Å². The quantitative estimate of drug-likeness (QED) is 0.609. The van der Waals surface area contributed by atoms with Crippen LogP contribution in [0, 0.1) is 0 Å². The summed E-state index contributed by atoms with van der Waals surface area (Å²) in [5.41, 5.74) is 13.1. The number of aromatic nitrogens is 2. The van der Waals surface area contributed by atoms with Crippen LogP contribution in [0.3, 0.4) is 0 Å². The molecule has 0 saturated heterocycles. The summed E-state index contributed by atoms with van der Waals surface area (Å²) >= 11 is 1.69. The van der Waals surface area contributed by atoms with E-state index in [0.29, 0.717) is 32.2 Å². The SMILES string of the molecule is CCCc1nc2c(N)nc3cc(OCCOCCN)ccc3c2s1. The fraction of sp³-hybridized carbons (Fsp3) is 0.412. The van der Waals surface area contributed by atoms with Crippen molar-refractivity contribution < 1.29 is 9.47 Å². The normalized spacial score (nSPS) is 11.4. The first-order valence-electron chi connectivity index (χ1n) is 8.12.